The van der Waals surface area contributed by atoms with Crippen molar-refractivity contribution in [3.05, 3.63) is 94.0 Å². The van der Waals surface area contributed by atoms with Crippen LogP contribution < -0.4 is 0 Å². The summed E-state index contributed by atoms with van der Waals surface area (Å²) in [5, 5.41) is 32.2. The summed E-state index contributed by atoms with van der Waals surface area (Å²) in [5.41, 5.74) is 4.40. The number of hydrogen-bond donors (Lipinski definition) is 4. The van der Waals surface area contributed by atoms with Gasteiger partial charge in [-0.3, -0.25) is 4.79 Å². The van der Waals surface area contributed by atoms with Crippen LogP contribution >= 0.6 is 0 Å². The van der Waals surface area contributed by atoms with Gasteiger partial charge in [0.15, 0.2) is 11.9 Å². The summed E-state index contributed by atoms with van der Waals surface area (Å²) < 4.78 is 0. The van der Waals surface area contributed by atoms with Crippen LogP contribution in [-0.4, -0.2) is 55.4 Å². The maximum atomic E-state index is 13.2. The minimum absolute atomic E-state index is 0.0697. The first-order chi connectivity index (χ1) is 15.5. The molecule has 32 heavy (non-hydrogen) atoms. The highest BCUT2D eigenvalue weighted by atomic mass is 16.4. The highest BCUT2D eigenvalue weighted by molar-refractivity contribution is 6.35. The summed E-state index contributed by atoms with van der Waals surface area (Å²) in [5.74, 6) is -1.35. The standard InChI is InChI=1S/C24H16N4O4/c29-21-19-15-5-3-13(26-15)9-11-1-2-12(25-11)10-14-4-6-16(27-14)20(18-8-7-17(19)28-18)22(30)24(32)23(21)31/h1-10,23-25,29,31-32H. The number of aliphatic imine (C=N–C) groups is 3. The number of nitrogens with one attached hydrogen (secondary N) is 1. The number of H-pyrrole nitrogens is 1. The van der Waals surface area contributed by atoms with E-state index in [0.29, 0.717) is 34.2 Å². The Hall–Kier alpha value is -4.14. The van der Waals surface area contributed by atoms with Gasteiger partial charge >= 0.3 is 0 Å². The zero-order chi connectivity index (χ0) is 22.0. The molecule has 8 heteroatoms. The Morgan fingerprint density at radius 2 is 1.28 bits per heavy atom. The molecule has 156 valence electrons. The van der Waals surface area contributed by atoms with Gasteiger partial charge in [0.25, 0.3) is 0 Å². The van der Waals surface area contributed by atoms with Gasteiger partial charge < -0.3 is 20.3 Å². The van der Waals surface area contributed by atoms with E-state index in [2.05, 4.69) is 20.0 Å². The molecule has 0 aliphatic carbocycles. The summed E-state index contributed by atoms with van der Waals surface area (Å²) >= 11 is 0. The van der Waals surface area contributed by atoms with Crippen LogP contribution in [0.5, 0.6) is 0 Å². The minimum Gasteiger partial charge on any atom is -0.509 e. The SMILES string of the molecule is O=C1C2=C3C=CC(=N3)C(=C(O)C(O)C1O)C1=NC(=Cc3ccc([nH]3)C=C3C=CC2=N3)C=C1. The first kappa shape index (κ1) is 18.6. The third-order valence-electron chi connectivity index (χ3n) is 5.68. The molecule has 1 aromatic rings. The molecule has 0 amide bonds. The van der Waals surface area contributed by atoms with Gasteiger partial charge in [0.2, 0.25) is 0 Å². The first-order valence-corrected chi connectivity index (χ1v) is 9.99. The Morgan fingerprint density at radius 3 is 1.94 bits per heavy atom. The molecule has 6 rings (SSSR count). The number of carbonyl (C=O) groups is 1. The molecular weight excluding hydrogens is 408 g/mol. The number of aliphatic hydroxyl groups is 3. The van der Waals surface area contributed by atoms with Gasteiger partial charge in [-0.1, -0.05) is 0 Å². The van der Waals surface area contributed by atoms with Gasteiger partial charge in [0.05, 0.1) is 45.4 Å². The maximum absolute atomic E-state index is 13.2. The van der Waals surface area contributed by atoms with Crippen LogP contribution in [0, 0.1) is 0 Å². The number of hydrogen-bond acceptors (Lipinski definition) is 7. The van der Waals surface area contributed by atoms with Crippen molar-refractivity contribution < 1.29 is 20.1 Å². The van der Waals surface area contributed by atoms with Crippen LogP contribution in [0.2, 0.25) is 0 Å². The number of Topliss-reactive ketones (excluding diaryl/α,β-unsaturated/α-hetero) is 1. The highest BCUT2D eigenvalue weighted by Crippen LogP contribution is 2.31. The van der Waals surface area contributed by atoms with Crippen LogP contribution in [0.25, 0.3) is 12.2 Å². The third kappa shape index (κ3) is 2.78. The molecular formula is C24H16N4O4. The van der Waals surface area contributed by atoms with Gasteiger partial charge in [-0.2, -0.15) is 0 Å². The Kier molecular flexibility index (Phi) is 3.89. The lowest BCUT2D eigenvalue weighted by atomic mass is 9.92. The summed E-state index contributed by atoms with van der Waals surface area (Å²) in [6, 6.07) is 3.81. The molecule has 5 aliphatic heterocycles. The zero-order valence-electron chi connectivity index (χ0n) is 16.5. The van der Waals surface area contributed by atoms with Gasteiger partial charge in [-0.15, -0.1) is 0 Å². The van der Waals surface area contributed by atoms with E-state index in [9.17, 15) is 20.1 Å². The Morgan fingerprint density at radius 1 is 0.719 bits per heavy atom. The topological polar surface area (TPSA) is 131 Å². The second kappa shape index (κ2) is 6.68. The number of fused-ring (bicyclic) bond motifs is 6. The van der Waals surface area contributed by atoms with Crippen LogP contribution in [-0.2, 0) is 4.79 Å². The quantitative estimate of drug-likeness (QED) is 0.508. The molecule has 2 atom stereocenters. The molecule has 5 aliphatic rings. The van der Waals surface area contributed by atoms with Gasteiger partial charge in [0.1, 0.15) is 11.9 Å². The maximum Gasteiger partial charge on any atom is 0.198 e. The van der Waals surface area contributed by atoms with Crippen molar-refractivity contribution in [2.24, 2.45) is 15.0 Å². The number of carbonyl (C=O) groups excluding carboxylic acids is 1. The molecule has 0 spiro atoms. The Balaban J connectivity index is 1.68. The van der Waals surface area contributed by atoms with Gasteiger partial charge in [-0.25, -0.2) is 15.0 Å². The van der Waals surface area contributed by atoms with Crippen molar-refractivity contribution in [2.45, 2.75) is 12.2 Å². The smallest absolute Gasteiger partial charge is 0.198 e. The molecule has 1 aromatic heterocycles. The molecule has 0 radical (unpaired) electrons. The van der Waals surface area contributed by atoms with E-state index in [1.54, 1.807) is 36.5 Å². The number of aromatic amines is 1. The summed E-state index contributed by atoms with van der Waals surface area (Å²) in [4.78, 5) is 30.1. The van der Waals surface area contributed by atoms with E-state index in [4.69, 9.17) is 0 Å². The van der Waals surface area contributed by atoms with E-state index in [0.717, 1.165) is 11.4 Å². The minimum atomic E-state index is -1.90. The second-order valence-corrected chi connectivity index (χ2v) is 7.77. The second-order valence-electron chi connectivity index (χ2n) is 7.77. The van der Waals surface area contributed by atoms with Crippen molar-refractivity contribution in [1.82, 2.24) is 4.98 Å². The fourth-order valence-corrected chi connectivity index (χ4v) is 4.12. The van der Waals surface area contributed by atoms with Crippen LogP contribution in [0.15, 0.2) is 97.6 Å². The summed E-state index contributed by atoms with van der Waals surface area (Å²) in [6.45, 7) is 0. The van der Waals surface area contributed by atoms with Crippen molar-refractivity contribution >= 4 is 35.1 Å². The summed E-state index contributed by atoms with van der Waals surface area (Å²) in [7, 11) is 0. The molecule has 0 saturated heterocycles. The van der Waals surface area contributed by atoms with E-state index in [-0.39, 0.29) is 11.1 Å². The lowest BCUT2D eigenvalue weighted by Crippen LogP contribution is -2.38. The fraction of sp³-hybridized carbons (Fsp3) is 0.0833. The normalized spacial score (nSPS) is 25.7. The lowest BCUT2D eigenvalue weighted by Gasteiger charge is -2.19. The molecule has 0 aromatic carbocycles. The Labute approximate surface area is 181 Å². The van der Waals surface area contributed by atoms with Crippen molar-refractivity contribution in [3.8, 4) is 0 Å². The predicted octanol–water partition coefficient (Wildman–Crippen LogP) is 2.11. The molecule has 10 bridgehead atoms. The van der Waals surface area contributed by atoms with Crippen LogP contribution in [0.4, 0.5) is 0 Å². The van der Waals surface area contributed by atoms with E-state index < -0.39 is 23.8 Å². The monoisotopic (exact) mass is 424 g/mol. The highest BCUT2D eigenvalue weighted by Gasteiger charge is 2.38. The summed E-state index contributed by atoms with van der Waals surface area (Å²) in [6.07, 6.45) is 10.1. The Bertz CT molecular complexity index is 1420. The van der Waals surface area contributed by atoms with Crippen molar-refractivity contribution in [2.75, 3.05) is 0 Å². The van der Waals surface area contributed by atoms with Crippen molar-refractivity contribution in [1.29, 1.82) is 0 Å². The van der Waals surface area contributed by atoms with E-state index >= 15 is 0 Å². The fourth-order valence-electron chi connectivity index (χ4n) is 4.12. The molecule has 8 nitrogen and oxygen atoms in total. The average molecular weight is 424 g/mol. The number of aliphatic hydroxyl groups excluding tert-OH is 3. The first-order valence-electron chi connectivity index (χ1n) is 9.99. The number of nitrogens with zero attached hydrogens (tertiary/aromatic N) is 3. The number of allylic oxidation sites excluding steroid dienone is 7. The molecule has 6 heterocycles. The van der Waals surface area contributed by atoms with Gasteiger partial charge in [0, 0.05) is 11.4 Å². The van der Waals surface area contributed by atoms with Crippen LogP contribution in [0.3, 0.4) is 0 Å². The number of rotatable bonds is 0. The molecule has 4 N–H and O–H groups in total. The van der Waals surface area contributed by atoms with Crippen LogP contribution in [0.1, 0.15) is 11.4 Å². The predicted molar refractivity (Wildman–Crippen MR) is 120 cm³/mol. The van der Waals surface area contributed by atoms with E-state index in [1.807, 2.05) is 24.3 Å². The molecule has 0 saturated carbocycles. The lowest BCUT2D eigenvalue weighted by molar-refractivity contribution is -0.128. The molecule has 0 fully saturated rings. The largest absolute Gasteiger partial charge is 0.509 e. The van der Waals surface area contributed by atoms with E-state index in [1.165, 1.54) is 0 Å². The average Bonchev–Trinajstić information content (AvgIpc) is 3.57. The molecule has 2 unspecified atom stereocenters. The van der Waals surface area contributed by atoms with Gasteiger partial charge in [-0.05, 0) is 60.7 Å². The van der Waals surface area contributed by atoms with Crippen molar-refractivity contribution in [3.63, 3.8) is 0 Å². The number of aromatic nitrogens is 1. The number of ketones is 1. The zero-order valence-corrected chi connectivity index (χ0v) is 16.5. The third-order valence-corrected chi connectivity index (χ3v) is 5.68.